The highest BCUT2D eigenvalue weighted by atomic mass is 16.5. The number of carbonyl (C=O) groups excluding carboxylic acids is 1. The molecule has 1 amide bonds. The summed E-state index contributed by atoms with van der Waals surface area (Å²) in [4.78, 5) is 16.9. The van der Waals surface area contributed by atoms with Crippen LogP contribution in [0.3, 0.4) is 0 Å². The van der Waals surface area contributed by atoms with Crippen LogP contribution >= 0.6 is 0 Å². The number of amides is 1. The smallest absolute Gasteiger partial charge is 0.251 e. The van der Waals surface area contributed by atoms with Crippen molar-refractivity contribution in [2.24, 2.45) is 0 Å². The molecule has 2 aromatic carbocycles. The van der Waals surface area contributed by atoms with E-state index in [4.69, 9.17) is 9.72 Å². The van der Waals surface area contributed by atoms with E-state index in [1.807, 2.05) is 30.3 Å². The number of rotatable bonds is 7. The number of aromatic nitrogens is 1. The van der Waals surface area contributed by atoms with Gasteiger partial charge >= 0.3 is 0 Å². The van der Waals surface area contributed by atoms with Gasteiger partial charge in [-0.1, -0.05) is 30.3 Å². The first-order chi connectivity index (χ1) is 12.7. The van der Waals surface area contributed by atoms with Gasteiger partial charge in [0.05, 0.1) is 18.3 Å². The molecule has 3 aromatic rings. The van der Waals surface area contributed by atoms with Gasteiger partial charge in [0.25, 0.3) is 5.91 Å². The van der Waals surface area contributed by atoms with E-state index in [1.54, 1.807) is 25.3 Å². The monoisotopic (exact) mass is 349 g/mol. The second kappa shape index (κ2) is 8.45. The first-order valence-corrected chi connectivity index (χ1v) is 8.68. The van der Waals surface area contributed by atoms with E-state index in [2.05, 4.69) is 29.7 Å². The van der Waals surface area contributed by atoms with Crippen LogP contribution in [0.25, 0.3) is 10.9 Å². The standard InChI is InChI=1S/C21H23N3O2/c1-15(19-11-10-16-6-3-4-9-20(16)24-19)22-12-13-23-21(25)17-7-5-8-18(14-17)26-2/h3-11,14-15,22H,12-13H2,1-2H3,(H,23,25)/t15-/m0/s1. The molecule has 1 atom stereocenters. The van der Waals surface area contributed by atoms with E-state index in [-0.39, 0.29) is 11.9 Å². The van der Waals surface area contributed by atoms with Crippen LogP contribution in [-0.4, -0.2) is 31.1 Å². The predicted octanol–water partition coefficient (Wildman–Crippen LogP) is 3.32. The Bertz CT molecular complexity index is 895. The van der Waals surface area contributed by atoms with Gasteiger partial charge < -0.3 is 15.4 Å². The molecule has 5 nitrogen and oxygen atoms in total. The largest absolute Gasteiger partial charge is 0.497 e. The molecule has 26 heavy (non-hydrogen) atoms. The SMILES string of the molecule is COc1cccc(C(=O)NCCN[C@@H](C)c2ccc3ccccc3n2)c1. The zero-order valence-corrected chi connectivity index (χ0v) is 15.0. The summed E-state index contributed by atoms with van der Waals surface area (Å²) >= 11 is 0. The second-order valence-electron chi connectivity index (χ2n) is 6.09. The Labute approximate surface area is 153 Å². The number of fused-ring (bicyclic) bond motifs is 1. The summed E-state index contributed by atoms with van der Waals surface area (Å²) in [5.41, 5.74) is 2.57. The van der Waals surface area contributed by atoms with Crippen molar-refractivity contribution in [1.82, 2.24) is 15.6 Å². The van der Waals surface area contributed by atoms with Crippen LogP contribution in [0.5, 0.6) is 5.75 Å². The fourth-order valence-electron chi connectivity index (χ4n) is 2.76. The second-order valence-corrected chi connectivity index (χ2v) is 6.09. The minimum atomic E-state index is -0.109. The molecular weight excluding hydrogens is 326 g/mol. The number of carbonyl (C=O) groups is 1. The van der Waals surface area contributed by atoms with Gasteiger partial charge in [0.1, 0.15) is 5.75 Å². The van der Waals surface area contributed by atoms with Crippen molar-refractivity contribution in [3.05, 3.63) is 71.9 Å². The van der Waals surface area contributed by atoms with Gasteiger partial charge in [-0.05, 0) is 37.3 Å². The first kappa shape index (κ1) is 17.9. The lowest BCUT2D eigenvalue weighted by Gasteiger charge is -2.14. The van der Waals surface area contributed by atoms with Gasteiger partial charge in [0.15, 0.2) is 0 Å². The van der Waals surface area contributed by atoms with Crippen LogP contribution in [0, 0.1) is 0 Å². The normalized spacial score (nSPS) is 11.9. The molecular formula is C21H23N3O2. The maximum Gasteiger partial charge on any atom is 0.251 e. The number of nitrogens with one attached hydrogen (secondary N) is 2. The van der Waals surface area contributed by atoms with Crippen molar-refractivity contribution in [1.29, 1.82) is 0 Å². The molecule has 2 N–H and O–H groups in total. The summed E-state index contributed by atoms with van der Waals surface area (Å²) < 4.78 is 5.14. The Morgan fingerprint density at radius 2 is 1.92 bits per heavy atom. The van der Waals surface area contributed by atoms with Gasteiger partial charge in [0, 0.05) is 30.1 Å². The van der Waals surface area contributed by atoms with E-state index in [0.29, 0.717) is 24.4 Å². The Morgan fingerprint density at radius 1 is 1.08 bits per heavy atom. The number of nitrogens with zero attached hydrogens (tertiary/aromatic N) is 1. The Hall–Kier alpha value is -2.92. The maximum absolute atomic E-state index is 12.2. The zero-order chi connectivity index (χ0) is 18.4. The van der Waals surface area contributed by atoms with Crippen LogP contribution in [0.15, 0.2) is 60.7 Å². The number of para-hydroxylation sites is 1. The number of hydrogen-bond acceptors (Lipinski definition) is 4. The van der Waals surface area contributed by atoms with Crippen molar-refractivity contribution >= 4 is 16.8 Å². The number of methoxy groups -OCH3 is 1. The highest BCUT2D eigenvalue weighted by Crippen LogP contribution is 2.16. The van der Waals surface area contributed by atoms with Crippen LogP contribution in [0.1, 0.15) is 29.0 Å². The third-order valence-corrected chi connectivity index (χ3v) is 4.26. The van der Waals surface area contributed by atoms with Crippen LogP contribution < -0.4 is 15.4 Å². The van der Waals surface area contributed by atoms with Gasteiger partial charge in [-0.15, -0.1) is 0 Å². The summed E-state index contributed by atoms with van der Waals surface area (Å²) in [5.74, 6) is 0.564. The van der Waals surface area contributed by atoms with Crippen LogP contribution in [0.4, 0.5) is 0 Å². The molecule has 134 valence electrons. The van der Waals surface area contributed by atoms with Crippen molar-refractivity contribution in [3.63, 3.8) is 0 Å². The van der Waals surface area contributed by atoms with Gasteiger partial charge in [-0.25, -0.2) is 0 Å². The zero-order valence-electron chi connectivity index (χ0n) is 15.0. The molecule has 0 unspecified atom stereocenters. The third-order valence-electron chi connectivity index (χ3n) is 4.26. The van der Waals surface area contributed by atoms with E-state index in [9.17, 15) is 4.79 Å². The lowest BCUT2D eigenvalue weighted by molar-refractivity contribution is 0.0953. The molecule has 0 radical (unpaired) electrons. The van der Waals surface area contributed by atoms with E-state index < -0.39 is 0 Å². The number of ether oxygens (including phenoxy) is 1. The summed E-state index contributed by atoms with van der Waals surface area (Å²) in [5, 5.41) is 7.43. The summed E-state index contributed by atoms with van der Waals surface area (Å²) in [6, 6.07) is 19.4. The maximum atomic E-state index is 12.2. The molecule has 3 rings (SSSR count). The van der Waals surface area contributed by atoms with Crippen molar-refractivity contribution in [2.45, 2.75) is 13.0 Å². The number of hydrogen-bond donors (Lipinski definition) is 2. The first-order valence-electron chi connectivity index (χ1n) is 8.68. The molecule has 0 aliphatic rings. The minimum Gasteiger partial charge on any atom is -0.497 e. The summed E-state index contributed by atoms with van der Waals surface area (Å²) in [6.07, 6.45) is 0. The van der Waals surface area contributed by atoms with Crippen molar-refractivity contribution in [2.75, 3.05) is 20.2 Å². The van der Waals surface area contributed by atoms with E-state index >= 15 is 0 Å². The molecule has 0 aliphatic carbocycles. The predicted molar refractivity (Wildman–Crippen MR) is 103 cm³/mol. The molecule has 0 aliphatic heterocycles. The summed E-state index contributed by atoms with van der Waals surface area (Å²) in [6.45, 7) is 3.26. The number of benzene rings is 2. The van der Waals surface area contributed by atoms with Gasteiger partial charge in [0.2, 0.25) is 0 Å². The number of pyridine rings is 1. The molecule has 0 saturated heterocycles. The quantitative estimate of drug-likeness (QED) is 0.642. The molecule has 0 fully saturated rings. The average Bonchev–Trinajstić information content (AvgIpc) is 2.70. The van der Waals surface area contributed by atoms with Crippen LogP contribution in [-0.2, 0) is 0 Å². The molecule has 5 heteroatoms. The Morgan fingerprint density at radius 3 is 2.77 bits per heavy atom. The van der Waals surface area contributed by atoms with Gasteiger partial charge in [-0.3, -0.25) is 9.78 Å². The minimum absolute atomic E-state index is 0.105. The van der Waals surface area contributed by atoms with Gasteiger partial charge in [-0.2, -0.15) is 0 Å². The lowest BCUT2D eigenvalue weighted by Crippen LogP contribution is -2.33. The van der Waals surface area contributed by atoms with Crippen molar-refractivity contribution < 1.29 is 9.53 Å². The Balaban J connectivity index is 1.49. The van der Waals surface area contributed by atoms with Crippen LogP contribution in [0.2, 0.25) is 0 Å². The molecule has 0 spiro atoms. The summed E-state index contributed by atoms with van der Waals surface area (Å²) in [7, 11) is 1.59. The molecule has 0 saturated carbocycles. The van der Waals surface area contributed by atoms with Crippen molar-refractivity contribution in [3.8, 4) is 5.75 Å². The molecule has 1 heterocycles. The lowest BCUT2D eigenvalue weighted by atomic mass is 10.1. The Kier molecular flexibility index (Phi) is 5.81. The molecule has 0 bridgehead atoms. The average molecular weight is 349 g/mol. The highest BCUT2D eigenvalue weighted by Gasteiger charge is 2.09. The van der Waals surface area contributed by atoms with E-state index in [1.165, 1.54) is 0 Å². The fraction of sp³-hybridized carbons (Fsp3) is 0.238. The fourth-order valence-corrected chi connectivity index (χ4v) is 2.76. The highest BCUT2D eigenvalue weighted by molar-refractivity contribution is 5.94. The molecule has 1 aromatic heterocycles. The topological polar surface area (TPSA) is 63.2 Å². The third kappa shape index (κ3) is 4.37. The van der Waals surface area contributed by atoms with E-state index in [0.717, 1.165) is 16.6 Å².